The Bertz CT molecular complexity index is 996. The standard InChI is InChI=1S/C20H20N4O4S/c1-21-18(26)14-7-5-13(6-8-14)11-24(2)17(25)10-15-12-29-20(22-15)23-19(27)16-4-3-9-28-16/h3-9,12H,10-11H2,1-2H3,(H,21,26)(H,22,23,27). The van der Waals surface area contributed by atoms with Crippen molar-refractivity contribution in [2.45, 2.75) is 13.0 Å². The molecule has 0 aliphatic carbocycles. The Hall–Kier alpha value is -3.46. The van der Waals surface area contributed by atoms with E-state index in [1.807, 2.05) is 12.1 Å². The van der Waals surface area contributed by atoms with Crippen LogP contribution in [-0.4, -0.2) is 41.7 Å². The highest BCUT2D eigenvalue weighted by Crippen LogP contribution is 2.18. The quantitative estimate of drug-likeness (QED) is 0.621. The Morgan fingerprint density at radius 3 is 2.55 bits per heavy atom. The molecule has 0 saturated heterocycles. The maximum absolute atomic E-state index is 12.5. The molecule has 0 radical (unpaired) electrons. The van der Waals surface area contributed by atoms with Crippen LogP contribution in [0.4, 0.5) is 5.13 Å². The number of carbonyl (C=O) groups excluding carboxylic acids is 3. The summed E-state index contributed by atoms with van der Waals surface area (Å²) in [5, 5.41) is 7.35. The van der Waals surface area contributed by atoms with E-state index in [4.69, 9.17) is 4.42 Å². The molecule has 2 aromatic heterocycles. The minimum Gasteiger partial charge on any atom is -0.459 e. The molecule has 8 nitrogen and oxygen atoms in total. The average molecular weight is 412 g/mol. The van der Waals surface area contributed by atoms with E-state index in [2.05, 4.69) is 15.6 Å². The van der Waals surface area contributed by atoms with Crippen LogP contribution in [0, 0.1) is 0 Å². The van der Waals surface area contributed by atoms with Crippen LogP contribution in [0.3, 0.4) is 0 Å². The van der Waals surface area contributed by atoms with E-state index in [-0.39, 0.29) is 29.9 Å². The molecule has 0 aliphatic heterocycles. The van der Waals surface area contributed by atoms with Gasteiger partial charge in [0.25, 0.3) is 11.8 Å². The van der Waals surface area contributed by atoms with E-state index in [0.29, 0.717) is 22.9 Å². The number of furan rings is 1. The number of likely N-dealkylation sites (N-methyl/N-ethyl adjacent to an activating group) is 1. The third kappa shape index (κ3) is 5.29. The number of rotatable bonds is 7. The summed E-state index contributed by atoms with van der Waals surface area (Å²) in [4.78, 5) is 41.9. The van der Waals surface area contributed by atoms with Crippen LogP contribution < -0.4 is 10.6 Å². The number of nitrogens with zero attached hydrogens (tertiary/aromatic N) is 2. The molecule has 29 heavy (non-hydrogen) atoms. The highest BCUT2D eigenvalue weighted by atomic mass is 32.1. The van der Waals surface area contributed by atoms with Crippen LogP contribution in [0.25, 0.3) is 0 Å². The predicted octanol–water partition coefficient (Wildman–Crippen LogP) is 2.55. The topological polar surface area (TPSA) is 105 Å². The highest BCUT2D eigenvalue weighted by molar-refractivity contribution is 7.14. The fourth-order valence-corrected chi connectivity index (χ4v) is 3.28. The lowest BCUT2D eigenvalue weighted by Crippen LogP contribution is -2.28. The van der Waals surface area contributed by atoms with Gasteiger partial charge in [-0.3, -0.25) is 19.7 Å². The van der Waals surface area contributed by atoms with Gasteiger partial charge in [-0.2, -0.15) is 0 Å². The number of hydrogen-bond acceptors (Lipinski definition) is 6. The first-order valence-electron chi connectivity index (χ1n) is 8.80. The van der Waals surface area contributed by atoms with Gasteiger partial charge in [0.2, 0.25) is 5.91 Å². The zero-order valence-corrected chi connectivity index (χ0v) is 16.8. The van der Waals surface area contributed by atoms with Crippen LogP contribution in [0.15, 0.2) is 52.5 Å². The first kappa shape index (κ1) is 20.3. The lowest BCUT2D eigenvalue weighted by atomic mass is 10.1. The molecule has 2 heterocycles. The van der Waals surface area contributed by atoms with Gasteiger partial charge in [0.05, 0.1) is 18.4 Å². The smallest absolute Gasteiger partial charge is 0.293 e. The molecule has 3 aromatic rings. The van der Waals surface area contributed by atoms with Crippen LogP contribution in [0.5, 0.6) is 0 Å². The fourth-order valence-electron chi connectivity index (χ4n) is 2.57. The van der Waals surface area contributed by atoms with Gasteiger partial charge in [-0.05, 0) is 29.8 Å². The van der Waals surface area contributed by atoms with Crippen molar-refractivity contribution in [1.82, 2.24) is 15.2 Å². The number of nitrogens with one attached hydrogen (secondary N) is 2. The maximum atomic E-state index is 12.5. The summed E-state index contributed by atoms with van der Waals surface area (Å²) in [6.07, 6.45) is 1.54. The molecule has 150 valence electrons. The molecule has 2 N–H and O–H groups in total. The minimum absolute atomic E-state index is 0.102. The molecule has 0 fully saturated rings. The van der Waals surface area contributed by atoms with Crippen molar-refractivity contribution in [2.24, 2.45) is 0 Å². The molecule has 9 heteroatoms. The van der Waals surface area contributed by atoms with Crippen molar-refractivity contribution in [1.29, 1.82) is 0 Å². The summed E-state index contributed by atoms with van der Waals surface area (Å²) < 4.78 is 5.04. The largest absolute Gasteiger partial charge is 0.459 e. The monoisotopic (exact) mass is 412 g/mol. The van der Waals surface area contributed by atoms with Gasteiger partial charge < -0.3 is 14.6 Å². The van der Waals surface area contributed by atoms with Crippen LogP contribution in [0.1, 0.15) is 32.2 Å². The van der Waals surface area contributed by atoms with Gasteiger partial charge in [0.1, 0.15) is 0 Å². The Morgan fingerprint density at radius 2 is 1.90 bits per heavy atom. The van der Waals surface area contributed by atoms with Crippen LogP contribution in [0.2, 0.25) is 0 Å². The van der Waals surface area contributed by atoms with E-state index in [1.165, 1.54) is 17.6 Å². The molecule has 1 aromatic carbocycles. The third-order valence-electron chi connectivity index (χ3n) is 4.14. The second-order valence-corrected chi connectivity index (χ2v) is 7.14. The zero-order valence-electron chi connectivity index (χ0n) is 16.0. The molecular formula is C20H20N4O4S. The molecule has 0 saturated carbocycles. The number of aromatic nitrogens is 1. The molecule has 0 spiro atoms. The van der Waals surface area contributed by atoms with E-state index >= 15 is 0 Å². The molecule has 0 aliphatic rings. The van der Waals surface area contributed by atoms with E-state index in [9.17, 15) is 14.4 Å². The summed E-state index contributed by atoms with van der Waals surface area (Å²) in [6.45, 7) is 0.416. The number of benzene rings is 1. The summed E-state index contributed by atoms with van der Waals surface area (Å²) in [5.41, 5.74) is 2.06. The second kappa shape index (κ2) is 9.16. The molecule has 0 atom stereocenters. The van der Waals surface area contributed by atoms with Crippen LogP contribution in [-0.2, 0) is 17.8 Å². The number of amides is 3. The Kier molecular flexibility index (Phi) is 6.40. The number of thiazole rings is 1. The molecule has 3 rings (SSSR count). The normalized spacial score (nSPS) is 10.4. The van der Waals surface area contributed by atoms with Crippen LogP contribution >= 0.6 is 11.3 Å². The van der Waals surface area contributed by atoms with Crippen molar-refractivity contribution >= 4 is 34.2 Å². The molecule has 0 bridgehead atoms. The van der Waals surface area contributed by atoms with Crippen molar-refractivity contribution in [3.05, 3.63) is 70.6 Å². The molecule has 3 amide bonds. The zero-order chi connectivity index (χ0) is 20.8. The summed E-state index contributed by atoms with van der Waals surface area (Å²) in [5.74, 6) is -0.450. The van der Waals surface area contributed by atoms with E-state index in [1.54, 1.807) is 48.6 Å². The number of carbonyl (C=O) groups is 3. The van der Waals surface area contributed by atoms with Crippen molar-refractivity contribution in [3.8, 4) is 0 Å². The van der Waals surface area contributed by atoms with Crippen molar-refractivity contribution < 1.29 is 18.8 Å². The van der Waals surface area contributed by atoms with Gasteiger partial charge in [-0.25, -0.2) is 4.98 Å². The Labute approximate surface area is 171 Å². The number of anilines is 1. The SMILES string of the molecule is CNC(=O)c1ccc(CN(C)C(=O)Cc2csc(NC(=O)c3ccco3)n2)cc1. The van der Waals surface area contributed by atoms with Crippen molar-refractivity contribution in [3.63, 3.8) is 0 Å². The molecular weight excluding hydrogens is 392 g/mol. The molecule has 0 unspecified atom stereocenters. The first-order chi connectivity index (χ1) is 14.0. The lowest BCUT2D eigenvalue weighted by Gasteiger charge is -2.17. The van der Waals surface area contributed by atoms with Gasteiger partial charge in [0, 0.05) is 31.6 Å². The fraction of sp³-hybridized carbons (Fsp3) is 0.200. The summed E-state index contributed by atoms with van der Waals surface area (Å²) >= 11 is 1.25. The van der Waals surface area contributed by atoms with Gasteiger partial charge in [0.15, 0.2) is 10.9 Å². The predicted molar refractivity (Wildman–Crippen MR) is 109 cm³/mol. The Morgan fingerprint density at radius 1 is 1.14 bits per heavy atom. The van der Waals surface area contributed by atoms with Gasteiger partial charge >= 0.3 is 0 Å². The highest BCUT2D eigenvalue weighted by Gasteiger charge is 2.15. The van der Waals surface area contributed by atoms with Gasteiger partial charge in [-0.1, -0.05) is 12.1 Å². The van der Waals surface area contributed by atoms with E-state index < -0.39 is 0 Å². The summed E-state index contributed by atoms with van der Waals surface area (Å²) in [7, 11) is 3.29. The third-order valence-corrected chi connectivity index (χ3v) is 4.94. The summed E-state index contributed by atoms with van der Waals surface area (Å²) in [6, 6.07) is 10.3. The average Bonchev–Trinajstić information content (AvgIpc) is 3.40. The maximum Gasteiger partial charge on any atom is 0.293 e. The lowest BCUT2D eigenvalue weighted by molar-refractivity contribution is -0.129. The van der Waals surface area contributed by atoms with Gasteiger partial charge in [-0.15, -0.1) is 11.3 Å². The van der Waals surface area contributed by atoms with Crippen molar-refractivity contribution in [2.75, 3.05) is 19.4 Å². The Balaban J connectivity index is 1.54. The number of hydrogen-bond donors (Lipinski definition) is 2. The second-order valence-electron chi connectivity index (χ2n) is 6.28. The minimum atomic E-state index is -0.389. The van der Waals surface area contributed by atoms with E-state index in [0.717, 1.165) is 5.56 Å². The first-order valence-corrected chi connectivity index (χ1v) is 9.68.